The number of hydrogen-bond donors (Lipinski definition) is 1. The monoisotopic (exact) mass is 254 g/mol. The topological polar surface area (TPSA) is 59.1 Å². The Balaban J connectivity index is 1.94. The van der Waals surface area contributed by atoms with Crippen molar-refractivity contribution in [2.24, 2.45) is 0 Å². The standard InChI is InChI=1S/C12H18N2O2S/c1-2-10-4-3-6-13-12(10)8-14-11-5-7-17(15,16)9-11/h3-4,6,11,14H,2,5,7-9H2,1H3. The summed E-state index contributed by atoms with van der Waals surface area (Å²) in [5, 5.41) is 3.29. The molecule has 1 fully saturated rings. The van der Waals surface area contributed by atoms with Gasteiger partial charge >= 0.3 is 0 Å². The number of aryl methyl sites for hydroxylation is 1. The minimum absolute atomic E-state index is 0.0895. The van der Waals surface area contributed by atoms with E-state index < -0.39 is 9.84 Å². The molecule has 0 saturated carbocycles. The SMILES string of the molecule is CCc1cccnc1CNC1CCS(=O)(=O)C1. The van der Waals surface area contributed by atoms with Crippen LogP contribution in [0.3, 0.4) is 0 Å². The van der Waals surface area contributed by atoms with Crippen LogP contribution in [0.15, 0.2) is 18.3 Å². The average molecular weight is 254 g/mol. The Morgan fingerprint density at radius 3 is 3.00 bits per heavy atom. The number of hydrogen-bond acceptors (Lipinski definition) is 4. The van der Waals surface area contributed by atoms with Crippen molar-refractivity contribution in [2.75, 3.05) is 11.5 Å². The summed E-state index contributed by atoms with van der Waals surface area (Å²) in [6.07, 6.45) is 3.45. The van der Waals surface area contributed by atoms with Crippen LogP contribution in [-0.4, -0.2) is 30.9 Å². The van der Waals surface area contributed by atoms with Crippen molar-refractivity contribution in [3.8, 4) is 0 Å². The smallest absolute Gasteiger partial charge is 0.151 e. The van der Waals surface area contributed by atoms with E-state index in [4.69, 9.17) is 0 Å². The van der Waals surface area contributed by atoms with Gasteiger partial charge in [-0.05, 0) is 24.5 Å². The van der Waals surface area contributed by atoms with Crippen molar-refractivity contribution in [3.63, 3.8) is 0 Å². The molecule has 17 heavy (non-hydrogen) atoms. The Bertz CT molecular complexity index is 485. The van der Waals surface area contributed by atoms with Gasteiger partial charge < -0.3 is 5.32 Å². The molecule has 1 unspecified atom stereocenters. The maximum Gasteiger partial charge on any atom is 0.151 e. The minimum atomic E-state index is -2.80. The molecule has 1 aromatic heterocycles. The van der Waals surface area contributed by atoms with E-state index in [1.54, 1.807) is 6.20 Å². The second-order valence-electron chi connectivity index (χ2n) is 4.44. The van der Waals surface area contributed by atoms with Gasteiger partial charge in [0, 0.05) is 18.8 Å². The van der Waals surface area contributed by atoms with Crippen LogP contribution in [0.2, 0.25) is 0 Å². The maximum atomic E-state index is 11.3. The number of nitrogens with zero attached hydrogens (tertiary/aromatic N) is 1. The normalized spacial score (nSPS) is 22.8. The Morgan fingerprint density at radius 2 is 2.35 bits per heavy atom. The van der Waals surface area contributed by atoms with Crippen LogP contribution >= 0.6 is 0 Å². The fourth-order valence-electron chi connectivity index (χ4n) is 2.15. The molecular weight excluding hydrogens is 236 g/mol. The molecule has 1 aliphatic rings. The van der Waals surface area contributed by atoms with Gasteiger partial charge in [0.15, 0.2) is 9.84 Å². The lowest BCUT2D eigenvalue weighted by atomic mass is 10.1. The van der Waals surface area contributed by atoms with Crippen LogP contribution in [0.1, 0.15) is 24.6 Å². The van der Waals surface area contributed by atoms with Gasteiger partial charge in [0.1, 0.15) is 0 Å². The summed E-state index contributed by atoms with van der Waals surface area (Å²) in [4.78, 5) is 4.33. The highest BCUT2D eigenvalue weighted by Gasteiger charge is 2.27. The first kappa shape index (κ1) is 12.5. The summed E-state index contributed by atoms with van der Waals surface area (Å²) < 4.78 is 22.6. The lowest BCUT2D eigenvalue weighted by molar-refractivity contribution is 0.546. The zero-order valence-corrected chi connectivity index (χ0v) is 10.8. The van der Waals surface area contributed by atoms with Gasteiger partial charge in [-0.3, -0.25) is 4.98 Å². The maximum absolute atomic E-state index is 11.3. The van der Waals surface area contributed by atoms with Crippen LogP contribution in [0.25, 0.3) is 0 Å². The third-order valence-electron chi connectivity index (χ3n) is 3.16. The summed E-state index contributed by atoms with van der Waals surface area (Å²) in [7, 11) is -2.80. The molecule has 5 heteroatoms. The zero-order valence-electron chi connectivity index (χ0n) is 10.0. The van der Waals surface area contributed by atoms with Crippen LogP contribution < -0.4 is 5.32 Å². The van der Waals surface area contributed by atoms with E-state index in [-0.39, 0.29) is 11.8 Å². The first-order valence-electron chi connectivity index (χ1n) is 5.97. The van der Waals surface area contributed by atoms with Crippen LogP contribution in [-0.2, 0) is 22.8 Å². The van der Waals surface area contributed by atoms with Gasteiger partial charge in [0.05, 0.1) is 17.2 Å². The van der Waals surface area contributed by atoms with Crippen molar-refractivity contribution in [2.45, 2.75) is 32.4 Å². The summed E-state index contributed by atoms with van der Waals surface area (Å²) >= 11 is 0. The molecule has 1 aliphatic heterocycles. The van der Waals surface area contributed by atoms with Gasteiger partial charge in [-0.15, -0.1) is 0 Å². The van der Waals surface area contributed by atoms with E-state index in [0.717, 1.165) is 18.5 Å². The minimum Gasteiger partial charge on any atom is -0.307 e. The van der Waals surface area contributed by atoms with Crippen molar-refractivity contribution in [1.82, 2.24) is 10.3 Å². The van der Waals surface area contributed by atoms with Crippen molar-refractivity contribution >= 4 is 9.84 Å². The van der Waals surface area contributed by atoms with Crippen molar-refractivity contribution in [1.29, 1.82) is 0 Å². The Kier molecular flexibility index (Phi) is 3.79. The Morgan fingerprint density at radius 1 is 1.53 bits per heavy atom. The molecule has 2 rings (SSSR count). The van der Waals surface area contributed by atoms with Gasteiger partial charge in [-0.1, -0.05) is 13.0 Å². The second kappa shape index (κ2) is 5.14. The summed E-state index contributed by atoms with van der Waals surface area (Å²) in [5.41, 5.74) is 2.25. The summed E-state index contributed by atoms with van der Waals surface area (Å²) in [6.45, 7) is 2.75. The molecule has 2 heterocycles. The van der Waals surface area contributed by atoms with E-state index in [2.05, 4.69) is 23.3 Å². The van der Waals surface area contributed by atoms with Gasteiger partial charge in [-0.25, -0.2) is 8.42 Å². The molecule has 1 aromatic rings. The average Bonchev–Trinajstić information content (AvgIpc) is 2.67. The molecule has 0 spiro atoms. The van der Waals surface area contributed by atoms with E-state index in [0.29, 0.717) is 12.3 Å². The van der Waals surface area contributed by atoms with Gasteiger partial charge in [-0.2, -0.15) is 0 Å². The highest BCUT2D eigenvalue weighted by Crippen LogP contribution is 2.13. The molecule has 1 saturated heterocycles. The number of sulfone groups is 1. The van der Waals surface area contributed by atoms with Gasteiger partial charge in [0.25, 0.3) is 0 Å². The fourth-order valence-corrected chi connectivity index (χ4v) is 3.86. The summed E-state index contributed by atoms with van der Waals surface area (Å²) in [5.74, 6) is 0.578. The molecule has 94 valence electrons. The van der Waals surface area contributed by atoms with Crippen molar-refractivity contribution in [3.05, 3.63) is 29.6 Å². The largest absolute Gasteiger partial charge is 0.307 e. The third kappa shape index (κ3) is 3.26. The third-order valence-corrected chi connectivity index (χ3v) is 4.92. The molecular formula is C12H18N2O2S. The van der Waals surface area contributed by atoms with E-state index in [9.17, 15) is 8.42 Å². The van der Waals surface area contributed by atoms with Crippen LogP contribution in [0.4, 0.5) is 0 Å². The number of pyridine rings is 1. The number of rotatable bonds is 4. The molecule has 4 nitrogen and oxygen atoms in total. The molecule has 0 radical (unpaired) electrons. The lowest BCUT2D eigenvalue weighted by Gasteiger charge is -2.12. The first-order valence-corrected chi connectivity index (χ1v) is 7.79. The summed E-state index contributed by atoms with van der Waals surface area (Å²) in [6, 6.07) is 4.09. The Labute approximate surface area is 102 Å². The van der Waals surface area contributed by atoms with E-state index in [1.165, 1.54) is 5.56 Å². The van der Waals surface area contributed by atoms with Gasteiger partial charge in [0.2, 0.25) is 0 Å². The molecule has 0 aliphatic carbocycles. The molecule has 0 aromatic carbocycles. The molecule has 1 atom stereocenters. The predicted molar refractivity (Wildman–Crippen MR) is 67.5 cm³/mol. The zero-order chi connectivity index (χ0) is 12.3. The van der Waals surface area contributed by atoms with Crippen LogP contribution in [0, 0.1) is 0 Å². The molecule has 1 N–H and O–H groups in total. The second-order valence-corrected chi connectivity index (χ2v) is 6.67. The lowest BCUT2D eigenvalue weighted by Crippen LogP contribution is -2.30. The quantitative estimate of drug-likeness (QED) is 0.868. The highest BCUT2D eigenvalue weighted by molar-refractivity contribution is 7.91. The molecule has 0 amide bonds. The fraction of sp³-hybridized carbons (Fsp3) is 0.583. The van der Waals surface area contributed by atoms with Crippen LogP contribution in [0.5, 0.6) is 0 Å². The highest BCUT2D eigenvalue weighted by atomic mass is 32.2. The Hall–Kier alpha value is -0.940. The van der Waals surface area contributed by atoms with E-state index >= 15 is 0 Å². The molecule has 0 bridgehead atoms. The van der Waals surface area contributed by atoms with E-state index in [1.807, 2.05) is 6.07 Å². The number of nitrogens with one attached hydrogen (secondary N) is 1. The first-order chi connectivity index (χ1) is 8.11. The number of aromatic nitrogens is 1. The van der Waals surface area contributed by atoms with Crippen molar-refractivity contribution < 1.29 is 8.42 Å². The predicted octanol–water partition coefficient (Wildman–Crippen LogP) is 0.921.